The summed E-state index contributed by atoms with van der Waals surface area (Å²) < 4.78 is 25.4. The van der Waals surface area contributed by atoms with Crippen molar-refractivity contribution in [3.05, 3.63) is 59.9 Å². The Balaban J connectivity index is 2.04. The number of benzene rings is 1. The summed E-state index contributed by atoms with van der Waals surface area (Å²) in [5, 5.41) is 2.72. The van der Waals surface area contributed by atoms with Gasteiger partial charge in [-0.3, -0.25) is 9.78 Å². The summed E-state index contributed by atoms with van der Waals surface area (Å²) in [6.07, 6.45) is 1.65. The van der Waals surface area contributed by atoms with Gasteiger partial charge in [0, 0.05) is 11.8 Å². The van der Waals surface area contributed by atoms with Crippen molar-refractivity contribution in [3.8, 4) is 0 Å². The molecule has 1 heterocycles. The number of hydrogen-bond donors (Lipinski definition) is 2. The number of aromatic nitrogens is 1. The zero-order chi connectivity index (χ0) is 15.3. The van der Waals surface area contributed by atoms with Crippen molar-refractivity contribution in [1.82, 2.24) is 15.0 Å². The highest BCUT2D eigenvalue weighted by molar-refractivity contribution is 7.89. The zero-order valence-corrected chi connectivity index (χ0v) is 12.2. The Labute approximate surface area is 123 Å². The predicted molar refractivity (Wildman–Crippen MR) is 78.1 cm³/mol. The molecule has 0 saturated carbocycles. The summed E-state index contributed by atoms with van der Waals surface area (Å²) in [6, 6.07) is 11.2. The largest absolute Gasteiger partial charge is 0.346 e. The van der Waals surface area contributed by atoms with E-state index < -0.39 is 10.0 Å². The molecule has 21 heavy (non-hydrogen) atoms. The molecular weight excluding hydrogens is 290 g/mol. The molecule has 0 aliphatic heterocycles. The van der Waals surface area contributed by atoms with Crippen LogP contribution >= 0.6 is 0 Å². The molecule has 0 fully saturated rings. The molecule has 1 aromatic heterocycles. The fourth-order valence-electron chi connectivity index (χ4n) is 1.68. The van der Waals surface area contributed by atoms with E-state index in [1.807, 2.05) is 12.1 Å². The first-order chi connectivity index (χ1) is 10.0. The molecule has 2 aromatic rings. The third-order valence-electron chi connectivity index (χ3n) is 2.85. The lowest BCUT2D eigenvalue weighted by molar-refractivity contribution is 0.0950. The van der Waals surface area contributed by atoms with Gasteiger partial charge in [-0.05, 0) is 43.4 Å². The highest BCUT2D eigenvalue weighted by Gasteiger charge is 2.12. The molecule has 6 nitrogen and oxygen atoms in total. The van der Waals surface area contributed by atoms with Crippen molar-refractivity contribution >= 4 is 15.9 Å². The zero-order valence-electron chi connectivity index (χ0n) is 11.4. The lowest BCUT2D eigenvalue weighted by Gasteiger charge is -2.06. The number of carbonyl (C=O) groups excluding carboxylic acids is 1. The van der Waals surface area contributed by atoms with Gasteiger partial charge >= 0.3 is 0 Å². The maximum absolute atomic E-state index is 11.9. The standard InChI is InChI=1S/C14H15N3O3S/c1-15-21(19,20)13-7-5-11(6-8-13)14(18)17-10-12-4-2-3-9-16-12/h2-9,15H,10H2,1H3,(H,17,18). The Bertz CT molecular complexity index is 713. The van der Waals surface area contributed by atoms with Gasteiger partial charge in [0.25, 0.3) is 5.91 Å². The third kappa shape index (κ3) is 3.87. The van der Waals surface area contributed by atoms with Crippen LogP contribution in [0.1, 0.15) is 16.1 Å². The third-order valence-corrected chi connectivity index (χ3v) is 4.28. The smallest absolute Gasteiger partial charge is 0.251 e. The number of nitrogens with one attached hydrogen (secondary N) is 2. The van der Waals surface area contributed by atoms with E-state index in [9.17, 15) is 13.2 Å². The number of hydrogen-bond acceptors (Lipinski definition) is 4. The second-order valence-electron chi connectivity index (χ2n) is 4.24. The molecule has 0 radical (unpaired) electrons. The number of amides is 1. The Hall–Kier alpha value is -2.25. The first-order valence-electron chi connectivity index (χ1n) is 6.24. The topological polar surface area (TPSA) is 88.2 Å². The van der Waals surface area contributed by atoms with E-state index in [-0.39, 0.29) is 10.8 Å². The van der Waals surface area contributed by atoms with Crippen LogP contribution in [0.5, 0.6) is 0 Å². The molecule has 2 rings (SSSR count). The average molecular weight is 305 g/mol. The number of rotatable bonds is 5. The molecule has 1 amide bonds. The Morgan fingerprint density at radius 3 is 2.43 bits per heavy atom. The van der Waals surface area contributed by atoms with Gasteiger partial charge in [0.2, 0.25) is 10.0 Å². The molecule has 1 aromatic carbocycles. The normalized spacial score (nSPS) is 11.1. The van der Waals surface area contributed by atoms with Crippen LogP contribution in [0.2, 0.25) is 0 Å². The molecule has 0 unspecified atom stereocenters. The lowest BCUT2D eigenvalue weighted by atomic mass is 10.2. The van der Waals surface area contributed by atoms with Gasteiger partial charge in [0.05, 0.1) is 17.1 Å². The molecule has 0 saturated heterocycles. The van der Waals surface area contributed by atoms with E-state index in [1.165, 1.54) is 31.3 Å². The van der Waals surface area contributed by atoms with Gasteiger partial charge in [0.1, 0.15) is 0 Å². The minimum absolute atomic E-state index is 0.117. The van der Waals surface area contributed by atoms with Gasteiger partial charge in [-0.1, -0.05) is 6.07 Å². The van der Waals surface area contributed by atoms with E-state index >= 15 is 0 Å². The first-order valence-corrected chi connectivity index (χ1v) is 7.73. The number of carbonyl (C=O) groups is 1. The van der Waals surface area contributed by atoms with Gasteiger partial charge in [-0.25, -0.2) is 13.1 Å². The van der Waals surface area contributed by atoms with Crippen LogP contribution in [0.4, 0.5) is 0 Å². The number of pyridine rings is 1. The molecule has 0 atom stereocenters. The maximum Gasteiger partial charge on any atom is 0.251 e. The van der Waals surface area contributed by atoms with Crippen LogP contribution in [0.25, 0.3) is 0 Å². The summed E-state index contributed by atoms with van der Waals surface area (Å²) in [5.41, 5.74) is 1.14. The van der Waals surface area contributed by atoms with Gasteiger partial charge in [-0.15, -0.1) is 0 Å². The second-order valence-corrected chi connectivity index (χ2v) is 6.12. The Morgan fingerprint density at radius 2 is 1.86 bits per heavy atom. The molecule has 0 aliphatic rings. The molecular formula is C14H15N3O3S. The van der Waals surface area contributed by atoms with Gasteiger partial charge in [0.15, 0.2) is 0 Å². The van der Waals surface area contributed by atoms with Crippen LogP contribution in [0, 0.1) is 0 Å². The van der Waals surface area contributed by atoms with Crippen molar-refractivity contribution in [2.24, 2.45) is 0 Å². The van der Waals surface area contributed by atoms with Crippen LogP contribution in [-0.4, -0.2) is 26.4 Å². The Morgan fingerprint density at radius 1 is 1.14 bits per heavy atom. The summed E-state index contributed by atoms with van der Waals surface area (Å²) >= 11 is 0. The van der Waals surface area contributed by atoms with Crippen LogP contribution < -0.4 is 10.0 Å². The van der Waals surface area contributed by atoms with Gasteiger partial charge in [-0.2, -0.15) is 0 Å². The minimum Gasteiger partial charge on any atom is -0.346 e. The van der Waals surface area contributed by atoms with Crippen molar-refractivity contribution in [1.29, 1.82) is 0 Å². The number of sulfonamides is 1. The molecule has 2 N–H and O–H groups in total. The molecule has 0 spiro atoms. The van der Waals surface area contributed by atoms with E-state index in [0.717, 1.165) is 5.69 Å². The average Bonchev–Trinajstić information content (AvgIpc) is 2.53. The highest BCUT2D eigenvalue weighted by Crippen LogP contribution is 2.10. The SMILES string of the molecule is CNS(=O)(=O)c1ccc(C(=O)NCc2ccccn2)cc1. The molecule has 0 bridgehead atoms. The number of nitrogens with zero attached hydrogens (tertiary/aromatic N) is 1. The maximum atomic E-state index is 11.9. The summed E-state index contributed by atoms with van der Waals surface area (Å²) in [7, 11) is -2.15. The quantitative estimate of drug-likeness (QED) is 0.860. The summed E-state index contributed by atoms with van der Waals surface area (Å²) in [6.45, 7) is 0.316. The summed E-state index contributed by atoms with van der Waals surface area (Å²) in [5.74, 6) is -0.283. The monoisotopic (exact) mass is 305 g/mol. The predicted octanol–water partition coefficient (Wildman–Crippen LogP) is 0.920. The van der Waals surface area contributed by atoms with Crippen LogP contribution in [-0.2, 0) is 16.6 Å². The van der Waals surface area contributed by atoms with E-state index in [0.29, 0.717) is 12.1 Å². The van der Waals surface area contributed by atoms with Gasteiger partial charge < -0.3 is 5.32 Å². The first kappa shape index (κ1) is 15.1. The molecule has 110 valence electrons. The van der Waals surface area contributed by atoms with Crippen molar-refractivity contribution in [2.75, 3.05) is 7.05 Å². The lowest BCUT2D eigenvalue weighted by Crippen LogP contribution is -2.23. The summed E-state index contributed by atoms with van der Waals surface area (Å²) in [4.78, 5) is 16.2. The fraction of sp³-hybridized carbons (Fsp3) is 0.143. The van der Waals surface area contributed by atoms with Crippen molar-refractivity contribution < 1.29 is 13.2 Å². The highest BCUT2D eigenvalue weighted by atomic mass is 32.2. The van der Waals surface area contributed by atoms with Crippen LogP contribution in [0.3, 0.4) is 0 Å². The fourth-order valence-corrected chi connectivity index (χ4v) is 2.41. The van der Waals surface area contributed by atoms with E-state index in [4.69, 9.17) is 0 Å². The van der Waals surface area contributed by atoms with E-state index in [2.05, 4.69) is 15.0 Å². The van der Waals surface area contributed by atoms with Crippen LogP contribution in [0.15, 0.2) is 53.6 Å². The molecule has 7 heteroatoms. The Kier molecular flexibility index (Phi) is 4.66. The van der Waals surface area contributed by atoms with Crippen molar-refractivity contribution in [3.63, 3.8) is 0 Å². The van der Waals surface area contributed by atoms with E-state index in [1.54, 1.807) is 12.3 Å². The molecule has 0 aliphatic carbocycles. The van der Waals surface area contributed by atoms with Crippen molar-refractivity contribution in [2.45, 2.75) is 11.4 Å². The minimum atomic E-state index is -3.49. The second kappa shape index (κ2) is 6.47.